The van der Waals surface area contributed by atoms with E-state index in [1.54, 1.807) is 0 Å². The van der Waals surface area contributed by atoms with Crippen molar-refractivity contribution in [2.45, 2.75) is 6.42 Å². The van der Waals surface area contributed by atoms with Crippen molar-refractivity contribution >= 4 is 16.8 Å². The van der Waals surface area contributed by atoms with E-state index in [1.165, 1.54) is 12.1 Å². The molecule has 82 valence electrons. The van der Waals surface area contributed by atoms with Gasteiger partial charge in [0.15, 0.2) is 11.6 Å². The number of hydrogen-bond donors (Lipinski definition) is 3. The van der Waals surface area contributed by atoms with Crippen molar-refractivity contribution in [1.29, 1.82) is 0 Å². The Morgan fingerprint density at radius 2 is 2.19 bits per heavy atom. The average molecular weight is 220 g/mol. The van der Waals surface area contributed by atoms with Gasteiger partial charge in [-0.3, -0.25) is 4.79 Å². The number of amides is 1. The van der Waals surface area contributed by atoms with Crippen molar-refractivity contribution in [1.82, 2.24) is 10.3 Å². The predicted octanol–water partition coefficient (Wildman–Crippen LogP) is 1.30. The van der Waals surface area contributed by atoms with E-state index in [0.717, 1.165) is 5.56 Å². The SMILES string of the molecule is O=C1NCCc2c1[nH]c1cc(F)c(O)cc21. The Balaban J connectivity index is 2.36. The van der Waals surface area contributed by atoms with Gasteiger partial charge in [-0.1, -0.05) is 0 Å². The number of H-pyrrole nitrogens is 1. The molecule has 0 fully saturated rings. The summed E-state index contributed by atoms with van der Waals surface area (Å²) in [7, 11) is 0. The number of rotatable bonds is 0. The molecule has 0 spiro atoms. The van der Waals surface area contributed by atoms with Gasteiger partial charge >= 0.3 is 0 Å². The van der Waals surface area contributed by atoms with E-state index in [1.807, 2.05) is 0 Å². The first kappa shape index (κ1) is 9.21. The molecule has 4 nitrogen and oxygen atoms in total. The van der Waals surface area contributed by atoms with Gasteiger partial charge in [0, 0.05) is 23.5 Å². The number of phenols is 1. The quantitative estimate of drug-likeness (QED) is 0.626. The molecule has 0 saturated carbocycles. The summed E-state index contributed by atoms with van der Waals surface area (Å²) in [6.45, 7) is 0.566. The minimum Gasteiger partial charge on any atom is -0.505 e. The number of aromatic nitrogens is 1. The molecular formula is C11H9FN2O2. The van der Waals surface area contributed by atoms with E-state index in [0.29, 0.717) is 29.6 Å². The molecule has 0 saturated heterocycles. The first-order valence-electron chi connectivity index (χ1n) is 4.98. The second-order valence-electron chi connectivity index (χ2n) is 3.83. The number of nitrogens with one attached hydrogen (secondary N) is 2. The topological polar surface area (TPSA) is 65.1 Å². The summed E-state index contributed by atoms with van der Waals surface area (Å²) in [5.41, 5.74) is 1.85. The van der Waals surface area contributed by atoms with Gasteiger partial charge < -0.3 is 15.4 Å². The van der Waals surface area contributed by atoms with E-state index in [-0.39, 0.29) is 11.7 Å². The van der Waals surface area contributed by atoms with Crippen molar-refractivity contribution in [3.8, 4) is 5.75 Å². The molecule has 16 heavy (non-hydrogen) atoms. The third-order valence-corrected chi connectivity index (χ3v) is 2.86. The number of benzene rings is 1. The summed E-state index contributed by atoms with van der Waals surface area (Å²) in [5.74, 6) is -1.26. The second kappa shape index (κ2) is 2.98. The largest absolute Gasteiger partial charge is 0.505 e. The molecular weight excluding hydrogens is 211 g/mol. The van der Waals surface area contributed by atoms with Gasteiger partial charge in [-0.2, -0.15) is 0 Å². The molecule has 0 aliphatic carbocycles. The van der Waals surface area contributed by atoms with Crippen LogP contribution in [0.3, 0.4) is 0 Å². The first-order chi connectivity index (χ1) is 7.66. The lowest BCUT2D eigenvalue weighted by molar-refractivity contribution is 0.0942. The number of carbonyl (C=O) groups is 1. The predicted molar refractivity (Wildman–Crippen MR) is 56.0 cm³/mol. The third-order valence-electron chi connectivity index (χ3n) is 2.86. The molecule has 1 aliphatic rings. The monoisotopic (exact) mass is 220 g/mol. The Labute approximate surface area is 90.1 Å². The minimum atomic E-state index is -0.688. The van der Waals surface area contributed by atoms with E-state index in [9.17, 15) is 14.3 Å². The molecule has 1 aromatic heterocycles. The van der Waals surface area contributed by atoms with Crippen LogP contribution in [0.4, 0.5) is 4.39 Å². The smallest absolute Gasteiger partial charge is 0.268 e. The number of phenolic OH excluding ortho intramolecular Hbond substituents is 1. The van der Waals surface area contributed by atoms with Crippen molar-refractivity contribution in [3.63, 3.8) is 0 Å². The Morgan fingerprint density at radius 1 is 1.38 bits per heavy atom. The molecule has 1 aliphatic heterocycles. The summed E-state index contributed by atoms with van der Waals surface area (Å²) in [5, 5.41) is 12.7. The Bertz CT molecular complexity index is 604. The maximum atomic E-state index is 13.1. The fraction of sp³-hybridized carbons (Fsp3) is 0.182. The Hall–Kier alpha value is -2.04. The van der Waals surface area contributed by atoms with Gasteiger partial charge in [-0.15, -0.1) is 0 Å². The van der Waals surface area contributed by atoms with E-state index >= 15 is 0 Å². The lowest BCUT2D eigenvalue weighted by atomic mass is 10.0. The highest BCUT2D eigenvalue weighted by atomic mass is 19.1. The molecule has 3 N–H and O–H groups in total. The fourth-order valence-electron chi connectivity index (χ4n) is 2.10. The van der Waals surface area contributed by atoms with Crippen LogP contribution in [0, 0.1) is 5.82 Å². The summed E-state index contributed by atoms with van der Waals surface area (Å²) < 4.78 is 13.1. The van der Waals surface area contributed by atoms with Crippen LogP contribution in [0.1, 0.15) is 16.1 Å². The van der Waals surface area contributed by atoms with Gasteiger partial charge in [0.25, 0.3) is 5.91 Å². The van der Waals surface area contributed by atoms with E-state index < -0.39 is 5.82 Å². The van der Waals surface area contributed by atoms with Crippen LogP contribution in [-0.4, -0.2) is 22.5 Å². The highest BCUT2D eigenvalue weighted by Crippen LogP contribution is 2.29. The fourth-order valence-corrected chi connectivity index (χ4v) is 2.10. The van der Waals surface area contributed by atoms with Gasteiger partial charge in [0.2, 0.25) is 0 Å². The van der Waals surface area contributed by atoms with Crippen LogP contribution in [0.2, 0.25) is 0 Å². The Kier molecular flexibility index (Phi) is 1.71. The van der Waals surface area contributed by atoms with Crippen LogP contribution in [-0.2, 0) is 6.42 Å². The lowest BCUT2D eigenvalue weighted by Gasteiger charge is -2.11. The van der Waals surface area contributed by atoms with Crippen LogP contribution in [0.15, 0.2) is 12.1 Å². The number of halogens is 1. The van der Waals surface area contributed by atoms with Crippen molar-refractivity contribution in [3.05, 3.63) is 29.2 Å². The third kappa shape index (κ3) is 1.11. The summed E-state index contributed by atoms with van der Waals surface area (Å²) in [4.78, 5) is 14.4. The minimum absolute atomic E-state index is 0.183. The van der Waals surface area contributed by atoms with E-state index in [2.05, 4.69) is 10.3 Å². The molecule has 5 heteroatoms. The van der Waals surface area contributed by atoms with Crippen LogP contribution in [0.25, 0.3) is 10.9 Å². The van der Waals surface area contributed by atoms with Crippen LogP contribution in [0.5, 0.6) is 5.75 Å². The molecule has 1 amide bonds. The van der Waals surface area contributed by atoms with Crippen LogP contribution < -0.4 is 5.32 Å². The first-order valence-corrected chi connectivity index (χ1v) is 4.98. The number of carbonyl (C=O) groups excluding carboxylic acids is 1. The highest BCUT2D eigenvalue weighted by molar-refractivity contribution is 6.02. The maximum absolute atomic E-state index is 13.1. The number of hydrogen-bond acceptors (Lipinski definition) is 2. The second-order valence-corrected chi connectivity index (χ2v) is 3.83. The van der Waals surface area contributed by atoms with Gasteiger partial charge in [-0.05, 0) is 18.1 Å². The average Bonchev–Trinajstić information content (AvgIpc) is 2.59. The number of aromatic hydroxyl groups is 1. The molecule has 0 atom stereocenters. The Morgan fingerprint density at radius 3 is 3.00 bits per heavy atom. The van der Waals surface area contributed by atoms with Crippen molar-refractivity contribution in [2.75, 3.05) is 6.54 Å². The molecule has 0 unspecified atom stereocenters. The van der Waals surface area contributed by atoms with Crippen molar-refractivity contribution < 1.29 is 14.3 Å². The van der Waals surface area contributed by atoms with E-state index in [4.69, 9.17) is 0 Å². The van der Waals surface area contributed by atoms with Gasteiger partial charge in [-0.25, -0.2) is 4.39 Å². The van der Waals surface area contributed by atoms with Gasteiger partial charge in [0.1, 0.15) is 5.69 Å². The summed E-state index contributed by atoms with van der Waals surface area (Å²) in [6.07, 6.45) is 0.687. The summed E-state index contributed by atoms with van der Waals surface area (Å²) >= 11 is 0. The van der Waals surface area contributed by atoms with Crippen molar-refractivity contribution in [2.24, 2.45) is 0 Å². The molecule has 0 bridgehead atoms. The molecule has 3 rings (SSSR count). The summed E-state index contributed by atoms with van der Waals surface area (Å²) in [6, 6.07) is 2.56. The lowest BCUT2D eigenvalue weighted by Crippen LogP contribution is -2.31. The number of aromatic amines is 1. The number of fused-ring (bicyclic) bond motifs is 3. The molecule has 2 heterocycles. The molecule has 0 radical (unpaired) electrons. The van der Waals surface area contributed by atoms with Crippen LogP contribution >= 0.6 is 0 Å². The zero-order valence-electron chi connectivity index (χ0n) is 8.30. The maximum Gasteiger partial charge on any atom is 0.268 e. The zero-order valence-corrected chi connectivity index (χ0v) is 8.30. The zero-order chi connectivity index (χ0) is 11.3. The molecule has 1 aromatic carbocycles. The standard InChI is InChI=1S/C11H9FN2O2/c12-7-4-8-6(3-9(7)15)5-1-2-13-11(16)10(5)14-8/h3-4,14-15H,1-2H2,(H,13,16). The van der Waals surface area contributed by atoms with Gasteiger partial charge in [0.05, 0.1) is 0 Å². The molecule has 2 aromatic rings. The normalized spacial score (nSPS) is 14.9. The highest BCUT2D eigenvalue weighted by Gasteiger charge is 2.22.